The van der Waals surface area contributed by atoms with Gasteiger partial charge in [0.25, 0.3) is 0 Å². The number of benzene rings is 1. The van der Waals surface area contributed by atoms with Crippen molar-refractivity contribution in [3.05, 3.63) is 59.9 Å². The highest BCUT2D eigenvalue weighted by Gasteiger charge is 2.35. The van der Waals surface area contributed by atoms with E-state index in [4.69, 9.17) is 0 Å². The second kappa shape index (κ2) is 4.29. The minimum Gasteiger partial charge on any atom is -0.344 e. The van der Waals surface area contributed by atoms with Gasteiger partial charge in [0.2, 0.25) is 0 Å². The first kappa shape index (κ1) is 11.5. The number of aromatic nitrogens is 1. The third-order valence-corrected chi connectivity index (χ3v) is 3.89. The molecule has 0 fully saturated rings. The van der Waals surface area contributed by atoms with Crippen LogP contribution in [0.15, 0.2) is 48.7 Å². The van der Waals surface area contributed by atoms with Crippen molar-refractivity contribution in [1.29, 1.82) is 0 Å². The van der Waals surface area contributed by atoms with Crippen molar-refractivity contribution in [3.63, 3.8) is 0 Å². The zero-order valence-corrected chi connectivity index (χ0v) is 11.1. The molecule has 1 aliphatic heterocycles. The second-order valence-electron chi connectivity index (χ2n) is 5.74. The Morgan fingerprint density at radius 1 is 1.17 bits per heavy atom. The summed E-state index contributed by atoms with van der Waals surface area (Å²) >= 11 is 0. The topological polar surface area (TPSA) is 17.0 Å². The van der Waals surface area contributed by atoms with Gasteiger partial charge in [0, 0.05) is 30.0 Å². The number of nitrogens with one attached hydrogen (secondary N) is 1. The Kier molecular flexibility index (Phi) is 2.75. The minimum atomic E-state index is 0.229. The van der Waals surface area contributed by atoms with E-state index in [0.29, 0.717) is 6.04 Å². The zero-order chi connectivity index (χ0) is 12.6. The molecule has 3 rings (SSSR count). The normalized spacial score (nSPS) is 20.9. The van der Waals surface area contributed by atoms with Crippen molar-refractivity contribution in [2.45, 2.75) is 38.4 Å². The highest BCUT2D eigenvalue weighted by Crippen LogP contribution is 2.38. The monoisotopic (exact) mass is 240 g/mol. The molecule has 0 spiro atoms. The lowest BCUT2D eigenvalue weighted by atomic mass is 9.99. The van der Waals surface area contributed by atoms with Gasteiger partial charge in [0.1, 0.15) is 0 Å². The van der Waals surface area contributed by atoms with Crippen molar-refractivity contribution < 1.29 is 0 Å². The van der Waals surface area contributed by atoms with E-state index in [1.165, 1.54) is 11.3 Å². The molecule has 0 saturated heterocycles. The van der Waals surface area contributed by atoms with E-state index < -0.39 is 0 Å². The summed E-state index contributed by atoms with van der Waals surface area (Å²) in [6, 6.07) is 15.4. The van der Waals surface area contributed by atoms with Crippen LogP contribution in [0.2, 0.25) is 0 Å². The van der Waals surface area contributed by atoms with E-state index >= 15 is 0 Å². The van der Waals surface area contributed by atoms with E-state index in [9.17, 15) is 0 Å². The lowest BCUT2D eigenvalue weighted by Crippen LogP contribution is -2.22. The van der Waals surface area contributed by atoms with Gasteiger partial charge in [-0.05, 0) is 38.0 Å². The van der Waals surface area contributed by atoms with Crippen LogP contribution in [0, 0.1) is 0 Å². The maximum atomic E-state index is 3.67. The van der Waals surface area contributed by atoms with Crippen molar-refractivity contribution in [2.75, 3.05) is 0 Å². The summed E-state index contributed by atoms with van der Waals surface area (Å²) in [5, 5.41) is 3.67. The first-order chi connectivity index (χ1) is 8.67. The van der Waals surface area contributed by atoms with Crippen LogP contribution in [-0.2, 0) is 12.1 Å². The number of nitrogens with zero attached hydrogens (tertiary/aromatic N) is 1. The van der Waals surface area contributed by atoms with Crippen LogP contribution >= 0.6 is 0 Å². The molecule has 0 aliphatic carbocycles. The van der Waals surface area contributed by atoms with Crippen LogP contribution in [0.25, 0.3) is 0 Å². The molecule has 2 aromatic rings. The van der Waals surface area contributed by atoms with Crippen LogP contribution in [0.5, 0.6) is 0 Å². The molecule has 1 atom stereocenters. The molecule has 1 aromatic carbocycles. The number of hydrogen-bond donors (Lipinski definition) is 1. The fourth-order valence-electron chi connectivity index (χ4n) is 2.95. The van der Waals surface area contributed by atoms with Crippen LogP contribution < -0.4 is 5.32 Å². The minimum absolute atomic E-state index is 0.229. The summed E-state index contributed by atoms with van der Waals surface area (Å²) < 4.78 is 2.40. The quantitative estimate of drug-likeness (QED) is 0.869. The van der Waals surface area contributed by atoms with Crippen LogP contribution in [0.3, 0.4) is 0 Å². The second-order valence-corrected chi connectivity index (χ2v) is 5.74. The fraction of sp³-hybridized carbons (Fsp3) is 0.375. The molecule has 2 heterocycles. The molecule has 0 saturated carbocycles. The highest BCUT2D eigenvalue weighted by atomic mass is 15.1. The average Bonchev–Trinajstić information content (AvgIpc) is 2.92. The van der Waals surface area contributed by atoms with Crippen molar-refractivity contribution >= 4 is 0 Å². The maximum absolute atomic E-state index is 3.67. The molecule has 0 amide bonds. The number of rotatable bonds is 3. The predicted octanol–water partition coefficient (Wildman–Crippen LogP) is 3.46. The maximum Gasteiger partial charge on any atom is 0.0500 e. The molecule has 94 valence electrons. The molecular weight excluding hydrogens is 220 g/mol. The SMILES string of the molecule is CC1(C)CC(NCc2ccccc2)c2cccn21. The van der Waals surface area contributed by atoms with E-state index in [-0.39, 0.29) is 5.54 Å². The summed E-state index contributed by atoms with van der Waals surface area (Å²) in [6.45, 7) is 5.55. The fourth-order valence-corrected chi connectivity index (χ4v) is 2.95. The largest absolute Gasteiger partial charge is 0.344 e. The summed E-state index contributed by atoms with van der Waals surface area (Å²) in [6.07, 6.45) is 3.36. The van der Waals surface area contributed by atoms with Crippen LogP contribution in [0.4, 0.5) is 0 Å². The zero-order valence-electron chi connectivity index (χ0n) is 11.1. The standard InChI is InChI=1S/C16H20N2/c1-16(2)11-14(15-9-6-10-18(15)16)17-12-13-7-4-3-5-8-13/h3-10,14,17H,11-12H2,1-2H3. The van der Waals surface area contributed by atoms with E-state index in [1.807, 2.05) is 0 Å². The first-order valence-electron chi connectivity index (χ1n) is 6.62. The Morgan fingerprint density at radius 2 is 1.94 bits per heavy atom. The summed E-state index contributed by atoms with van der Waals surface area (Å²) in [5.74, 6) is 0. The lowest BCUT2D eigenvalue weighted by molar-refractivity contribution is 0.348. The molecule has 2 nitrogen and oxygen atoms in total. The highest BCUT2D eigenvalue weighted by molar-refractivity contribution is 5.21. The summed E-state index contributed by atoms with van der Waals surface area (Å²) in [4.78, 5) is 0. The van der Waals surface area contributed by atoms with Gasteiger partial charge in [0.05, 0.1) is 0 Å². The van der Waals surface area contributed by atoms with Gasteiger partial charge in [0.15, 0.2) is 0 Å². The molecule has 1 N–H and O–H groups in total. The van der Waals surface area contributed by atoms with Crippen molar-refractivity contribution in [3.8, 4) is 0 Å². The van der Waals surface area contributed by atoms with Gasteiger partial charge in [-0.15, -0.1) is 0 Å². The molecule has 1 aromatic heterocycles. The van der Waals surface area contributed by atoms with E-state index in [2.05, 4.69) is 72.4 Å². The Hall–Kier alpha value is -1.54. The molecule has 1 aliphatic rings. The third-order valence-electron chi connectivity index (χ3n) is 3.89. The lowest BCUT2D eigenvalue weighted by Gasteiger charge is -2.21. The molecule has 0 bridgehead atoms. The number of hydrogen-bond acceptors (Lipinski definition) is 1. The summed E-state index contributed by atoms with van der Waals surface area (Å²) in [5.41, 5.74) is 2.99. The Balaban J connectivity index is 1.73. The average molecular weight is 240 g/mol. The molecule has 18 heavy (non-hydrogen) atoms. The first-order valence-corrected chi connectivity index (χ1v) is 6.62. The van der Waals surface area contributed by atoms with Gasteiger partial charge < -0.3 is 9.88 Å². The molecule has 0 radical (unpaired) electrons. The number of fused-ring (bicyclic) bond motifs is 1. The van der Waals surface area contributed by atoms with Crippen molar-refractivity contribution in [1.82, 2.24) is 9.88 Å². The summed E-state index contributed by atoms with van der Waals surface area (Å²) in [7, 11) is 0. The van der Waals surface area contributed by atoms with Gasteiger partial charge >= 0.3 is 0 Å². The van der Waals surface area contributed by atoms with Crippen LogP contribution in [-0.4, -0.2) is 4.57 Å². The molecule has 2 heteroatoms. The van der Waals surface area contributed by atoms with Gasteiger partial charge in [-0.1, -0.05) is 30.3 Å². The van der Waals surface area contributed by atoms with Crippen molar-refractivity contribution in [2.24, 2.45) is 0 Å². The Morgan fingerprint density at radius 3 is 2.72 bits per heavy atom. The smallest absolute Gasteiger partial charge is 0.0500 e. The molecular formula is C16H20N2. The molecule has 1 unspecified atom stereocenters. The van der Waals surface area contributed by atoms with Crippen LogP contribution in [0.1, 0.15) is 37.6 Å². The van der Waals surface area contributed by atoms with Gasteiger partial charge in [-0.2, -0.15) is 0 Å². The third kappa shape index (κ3) is 1.97. The van der Waals surface area contributed by atoms with E-state index in [0.717, 1.165) is 13.0 Å². The van der Waals surface area contributed by atoms with Gasteiger partial charge in [-0.3, -0.25) is 0 Å². The van der Waals surface area contributed by atoms with E-state index in [1.54, 1.807) is 0 Å². The predicted molar refractivity (Wildman–Crippen MR) is 74.4 cm³/mol. The Labute approximate surface area is 109 Å². The van der Waals surface area contributed by atoms with Gasteiger partial charge in [-0.25, -0.2) is 0 Å². The Bertz CT molecular complexity index is 525.